The van der Waals surface area contributed by atoms with Gasteiger partial charge in [-0.25, -0.2) is 8.42 Å². The standard InChI is InChI=1S/C14H30N4O2S/c1-13(2,17(6)7)10-16-12(15-5)18-8-9-21(19,20)14(3,4)11-18/h8-11H2,1-7H3,(H,15,16). The van der Waals surface area contributed by atoms with Crippen molar-refractivity contribution in [2.75, 3.05) is 46.5 Å². The normalized spacial score (nSPS) is 22.5. The summed E-state index contributed by atoms with van der Waals surface area (Å²) in [7, 11) is 2.80. The van der Waals surface area contributed by atoms with Crippen LogP contribution in [0, 0.1) is 0 Å². The molecule has 1 heterocycles. The van der Waals surface area contributed by atoms with Gasteiger partial charge in [-0.05, 0) is 41.8 Å². The molecule has 1 aliphatic heterocycles. The van der Waals surface area contributed by atoms with Gasteiger partial charge in [-0.2, -0.15) is 0 Å². The van der Waals surface area contributed by atoms with E-state index in [-0.39, 0.29) is 11.3 Å². The molecule has 0 bridgehead atoms. The van der Waals surface area contributed by atoms with Crippen molar-refractivity contribution in [3.8, 4) is 0 Å². The Hall–Kier alpha value is -0.820. The molecular formula is C14H30N4O2S. The molecule has 0 aromatic heterocycles. The minimum Gasteiger partial charge on any atom is -0.354 e. The van der Waals surface area contributed by atoms with Crippen LogP contribution in [-0.4, -0.2) is 81.0 Å². The van der Waals surface area contributed by atoms with Crippen LogP contribution in [0.4, 0.5) is 0 Å². The van der Waals surface area contributed by atoms with Gasteiger partial charge in [0, 0.05) is 32.2 Å². The maximum atomic E-state index is 12.1. The summed E-state index contributed by atoms with van der Waals surface area (Å²) in [4.78, 5) is 8.49. The molecule has 0 aromatic carbocycles. The fourth-order valence-corrected chi connectivity index (χ4v) is 3.48. The van der Waals surface area contributed by atoms with Crippen LogP contribution < -0.4 is 5.32 Å². The Morgan fingerprint density at radius 3 is 2.38 bits per heavy atom. The molecule has 0 aromatic rings. The molecule has 0 spiro atoms. The highest BCUT2D eigenvalue weighted by Crippen LogP contribution is 2.23. The molecule has 124 valence electrons. The third kappa shape index (κ3) is 4.10. The first-order valence-electron chi connectivity index (χ1n) is 7.28. The second-order valence-electron chi connectivity index (χ2n) is 7.11. The van der Waals surface area contributed by atoms with Crippen molar-refractivity contribution in [3.05, 3.63) is 0 Å². The zero-order valence-electron chi connectivity index (χ0n) is 14.4. The van der Waals surface area contributed by atoms with E-state index < -0.39 is 14.6 Å². The highest BCUT2D eigenvalue weighted by molar-refractivity contribution is 7.92. The quantitative estimate of drug-likeness (QED) is 0.603. The summed E-state index contributed by atoms with van der Waals surface area (Å²) in [5.74, 6) is 0.950. The molecule has 1 saturated heterocycles. The van der Waals surface area contributed by atoms with Crippen molar-refractivity contribution < 1.29 is 8.42 Å². The molecule has 1 rings (SSSR count). The molecule has 6 nitrogen and oxygen atoms in total. The smallest absolute Gasteiger partial charge is 0.193 e. The van der Waals surface area contributed by atoms with Crippen molar-refractivity contribution >= 4 is 15.8 Å². The van der Waals surface area contributed by atoms with Gasteiger partial charge < -0.3 is 15.1 Å². The van der Waals surface area contributed by atoms with E-state index >= 15 is 0 Å². The van der Waals surface area contributed by atoms with Crippen molar-refractivity contribution in [1.29, 1.82) is 0 Å². The molecule has 7 heteroatoms. The van der Waals surface area contributed by atoms with E-state index in [0.717, 1.165) is 12.5 Å². The van der Waals surface area contributed by atoms with Crippen LogP contribution in [0.5, 0.6) is 0 Å². The Labute approximate surface area is 129 Å². The van der Waals surface area contributed by atoms with E-state index in [1.165, 1.54) is 0 Å². The van der Waals surface area contributed by atoms with Gasteiger partial charge >= 0.3 is 0 Å². The van der Waals surface area contributed by atoms with Gasteiger partial charge in [-0.3, -0.25) is 4.99 Å². The predicted molar refractivity (Wildman–Crippen MR) is 88.6 cm³/mol. The lowest BCUT2D eigenvalue weighted by Crippen LogP contribution is -2.59. The third-order valence-corrected chi connectivity index (χ3v) is 6.98. The number of nitrogens with one attached hydrogen (secondary N) is 1. The van der Waals surface area contributed by atoms with Gasteiger partial charge in [-0.15, -0.1) is 0 Å². The van der Waals surface area contributed by atoms with Crippen LogP contribution in [0.2, 0.25) is 0 Å². The number of hydrogen-bond donors (Lipinski definition) is 1. The van der Waals surface area contributed by atoms with Gasteiger partial charge in [0.2, 0.25) is 0 Å². The predicted octanol–water partition coefficient (Wildman–Crippen LogP) is 0.411. The Morgan fingerprint density at radius 1 is 1.38 bits per heavy atom. The van der Waals surface area contributed by atoms with Gasteiger partial charge in [0.15, 0.2) is 15.8 Å². The average molecular weight is 318 g/mol. The topological polar surface area (TPSA) is 65.0 Å². The molecule has 0 aliphatic carbocycles. The molecular weight excluding hydrogens is 288 g/mol. The second-order valence-corrected chi connectivity index (χ2v) is 9.85. The summed E-state index contributed by atoms with van der Waals surface area (Å²) in [5.41, 5.74) is -0.00663. The maximum Gasteiger partial charge on any atom is 0.193 e. The molecule has 1 N–H and O–H groups in total. The number of hydrogen-bond acceptors (Lipinski definition) is 4. The van der Waals surface area contributed by atoms with Crippen LogP contribution in [0.25, 0.3) is 0 Å². The molecule has 0 saturated carbocycles. The third-order valence-electron chi connectivity index (χ3n) is 4.44. The summed E-state index contributed by atoms with van der Waals surface area (Å²) in [5, 5.41) is 3.37. The zero-order chi connectivity index (χ0) is 16.5. The Morgan fingerprint density at radius 2 is 1.95 bits per heavy atom. The lowest BCUT2D eigenvalue weighted by atomic mass is 10.0. The molecule has 0 radical (unpaired) electrons. The fourth-order valence-electron chi connectivity index (χ4n) is 2.11. The number of likely N-dealkylation sites (N-methyl/N-ethyl adjacent to an activating group) is 1. The minimum atomic E-state index is -3.03. The lowest BCUT2D eigenvalue weighted by molar-refractivity contribution is 0.195. The summed E-state index contributed by atoms with van der Waals surface area (Å²) in [6, 6.07) is 0. The summed E-state index contributed by atoms with van der Waals surface area (Å²) in [6.45, 7) is 9.58. The molecule has 0 atom stereocenters. The highest BCUT2D eigenvalue weighted by Gasteiger charge is 2.41. The first kappa shape index (κ1) is 18.2. The first-order chi connectivity index (χ1) is 9.43. The average Bonchev–Trinajstić information content (AvgIpc) is 2.34. The number of sulfone groups is 1. The lowest BCUT2D eigenvalue weighted by Gasteiger charge is -2.40. The van der Waals surface area contributed by atoms with Crippen LogP contribution in [0.1, 0.15) is 27.7 Å². The minimum absolute atomic E-state index is 0.00663. The van der Waals surface area contributed by atoms with E-state index in [1.54, 1.807) is 20.9 Å². The van der Waals surface area contributed by atoms with Gasteiger partial charge in [0.1, 0.15) is 0 Å². The van der Waals surface area contributed by atoms with E-state index in [0.29, 0.717) is 13.1 Å². The highest BCUT2D eigenvalue weighted by atomic mass is 32.2. The first-order valence-corrected chi connectivity index (χ1v) is 8.93. The van der Waals surface area contributed by atoms with Crippen molar-refractivity contribution in [2.24, 2.45) is 4.99 Å². The van der Waals surface area contributed by atoms with Crippen LogP contribution in [0.15, 0.2) is 4.99 Å². The summed E-state index contributed by atoms with van der Waals surface area (Å²) >= 11 is 0. The Kier molecular flexibility index (Phi) is 5.31. The van der Waals surface area contributed by atoms with E-state index in [4.69, 9.17) is 0 Å². The van der Waals surface area contributed by atoms with Gasteiger partial charge in [-0.1, -0.05) is 0 Å². The van der Waals surface area contributed by atoms with E-state index in [2.05, 4.69) is 29.1 Å². The SMILES string of the molecule is CN=C(NCC(C)(C)N(C)C)N1CCS(=O)(=O)C(C)(C)C1. The Balaban J connectivity index is 2.76. The fraction of sp³-hybridized carbons (Fsp3) is 0.929. The second kappa shape index (κ2) is 6.12. The molecule has 1 fully saturated rings. The van der Waals surface area contributed by atoms with E-state index in [1.807, 2.05) is 19.0 Å². The van der Waals surface area contributed by atoms with Crippen molar-refractivity contribution in [1.82, 2.24) is 15.1 Å². The van der Waals surface area contributed by atoms with Crippen molar-refractivity contribution in [3.63, 3.8) is 0 Å². The van der Waals surface area contributed by atoms with Crippen LogP contribution >= 0.6 is 0 Å². The van der Waals surface area contributed by atoms with E-state index in [9.17, 15) is 8.42 Å². The van der Waals surface area contributed by atoms with Crippen LogP contribution in [0.3, 0.4) is 0 Å². The molecule has 1 aliphatic rings. The molecule has 0 amide bonds. The number of nitrogens with zero attached hydrogens (tertiary/aromatic N) is 3. The number of rotatable bonds is 3. The Bertz CT molecular complexity index is 495. The van der Waals surface area contributed by atoms with Gasteiger partial charge in [0.25, 0.3) is 0 Å². The summed E-state index contributed by atoms with van der Waals surface area (Å²) in [6.07, 6.45) is 0. The van der Waals surface area contributed by atoms with Crippen LogP contribution in [-0.2, 0) is 9.84 Å². The molecule has 0 unspecified atom stereocenters. The van der Waals surface area contributed by atoms with Crippen molar-refractivity contribution in [2.45, 2.75) is 38.0 Å². The zero-order valence-corrected chi connectivity index (χ0v) is 15.2. The van der Waals surface area contributed by atoms with Gasteiger partial charge in [0.05, 0.1) is 10.5 Å². The number of guanidine groups is 1. The number of aliphatic imine (C=N–C) groups is 1. The summed E-state index contributed by atoms with van der Waals surface area (Å²) < 4.78 is 23.4. The maximum absolute atomic E-state index is 12.1. The largest absolute Gasteiger partial charge is 0.354 e. The molecule has 21 heavy (non-hydrogen) atoms. The monoisotopic (exact) mass is 318 g/mol.